The molecule has 3 aromatic heterocycles. The SMILES string of the molecule is Cc1cc(C(N)=O)c(NC(=O)c2nc(-c3cccs3)oc2C)s1. The summed E-state index contributed by atoms with van der Waals surface area (Å²) in [5, 5.41) is 5.01. The van der Waals surface area contributed by atoms with Crippen molar-refractivity contribution in [3.63, 3.8) is 0 Å². The third-order valence-corrected chi connectivity index (χ3v) is 4.92. The van der Waals surface area contributed by atoms with Crippen molar-refractivity contribution in [3.05, 3.63) is 45.5 Å². The van der Waals surface area contributed by atoms with Crippen LogP contribution in [0.4, 0.5) is 5.00 Å². The van der Waals surface area contributed by atoms with Crippen LogP contribution < -0.4 is 11.1 Å². The molecule has 3 heterocycles. The number of nitrogens with two attached hydrogens (primary N) is 1. The number of nitrogens with zero attached hydrogens (tertiary/aromatic N) is 1. The predicted octanol–water partition coefficient (Wildman–Crippen LogP) is 3.43. The number of carbonyl (C=O) groups excluding carboxylic acids is 2. The zero-order chi connectivity index (χ0) is 16.6. The van der Waals surface area contributed by atoms with Crippen LogP contribution in [-0.2, 0) is 0 Å². The Labute approximate surface area is 140 Å². The molecule has 3 rings (SSSR count). The zero-order valence-electron chi connectivity index (χ0n) is 12.4. The van der Waals surface area contributed by atoms with Crippen LogP contribution in [0.2, 0.25) is 0 Å². The van der Waals surface area contributed by atoms with Crippen LogP contribution in [-0.4, -0.2) is 16.8 Å². The van der Waals surface area contributed by atoms with E-state index in [1.807, 2.05) is 24.4 Å². The minimum atomic E-state index is -0.583. The fourth-order valence-electron chi connectivity index (χ4n) is 2.07. The number of nitrogens with one attached hydrogen (secondary N) is 1. The van der Waals surface area contributed by atoms with Crippen LogP contribution in [0.25, 0.3) is 10.8 Å². The first-order chi connectivity index (χ1) is 11.0. The van der Waals surface area contributed by atoms with Crippen LogP contribution in [0.5, 0.6) is 0 Å². The fraction of sp³-hybridized carbons (Fsp3) is 0.133. The van der Waals surface area contributed by atoms with Crippen LogP contribution in [0.1, 0.15) is 31.5 Å². The van der Waals surface area contributed by atoms with E-state index >= 15 is 0 Å². The molecule has 2 amide bonds. The number of aryl methyl sites for hydroxylation is 2. The Kier molecular flexibility index (Phi) is 4.01. The summed E-state index contributed by atoms with van der Waals surface area (Å²) in [6.07, 6.45) is 0. The molecule has 0 fully saturated rings. The van der Waals surface area contributed by atoms with E-state index in [1.54, 1.807) is 13.0 Å². The molecule has 0 spiro atoms. The minimum absolute atomic E-state index is 0.190. The maximum atomic E-state index is 12.4. The van der Waals surface area contributed by atoms with Crippen molar-refractivity contribution in [3.8, 4) is 10.8 Å². The molecule has 3 N–H and O–H groups in total. The van der Waals surface area contributed by atoms with Gasteiger partial charge in [0.15, 0.2) is 5.69 Å². The number of aromatic nitrogens is 1. The Balaban J connectivity index is 1.88. The molecule has 3 aromatic rings. The van der Waals surface area contributed by atoms with Crippen LogP contribution in [0.15, 0.2) is 28.0 Å². The molecule has 0 unspecified atom stereocenters. The molecule has 0 aliphatic rings. The summed E-state index contributed by atoms with van der Waals surface area (Å²) in [4.78, 5) is 29.8. The fourth-order valence-corrected chi connectivity index (χ4v) is 3.63. The molecule has 6 nitrogen and oxygen atoms in total. The topological polar surface area (TPSA) is 98.2 Å². The smallest absolute Gasteiger partial charge is 0.278 e. The number of thiophene rings is 2. The Morgan fingerprint density at radius 1 is 1.35 bits per heavy atom. The van der Waals surface area contributed by atoms with E-state index in [2.05, 4.69) is 10.3 Å². The lowest BCUT2D eigenvalue weighted by Crippen LogP contribution is -2.17. The molecule has 0 radical (unpaired) electrons. The third kappa shape index (κ3) is 3.03. The van der Waals surface area contributed by atoms with Crippen molar-refractivity contribution in [2.45, 2.75) is 13.8 Å². The summed E-state index contributed by atoms with van der Waals surface area (Å²) in [6.45, 7) is 3.51. The van der Waals surface area contributed by atoms with Crippen molar-refractivity contribution in [2.24, 2.45) is 5.73 Å². The molecule has 0 saturated carbocycles. The number of rotatable bonds is 4. The first-order valence-electron chi connectivity index (χ1n) is 6.68. The van der Waals surface area contributed by atoms with Crippen molar-refractivity contribution < 1.29 is 14.0 Å². The van der Waals surface area contributed by atoms with Gasteiger partial charge in [-0.3, -0.25) is 9.59 Å². The quantitative estimate of drug-likeness (QED) is 0.755. The lowest BCUT2D eigenvalue weighted by Gasteiger charge is -2.02. The van der Waals surface area contributed by atoms with E-state index in [-0.39, 0.29) is 5.69 Å². The van der Waals surface area contributed by atoms with Crippen LogP contribution >= 0.6 is 22.7 Å². The molecule has 23 heavy (non-hydrogen) atoms. The summed E-state index contributed by atoms with van der Waals surface area (Å²) < 4.78 is 5.55. The molecular formula is C15H13N3O3S2. The predicted molar refractivity (Wildman–Crippen MR) is 90.1 cm³/mol. The van der Waals surface area contributed by atoms with E-state index < -0.39 is 11.8 Å². The Hall–Kier alpha value is -2.45. The van der Waals surface area contributed by atoms with Crippen molar-refractivity contribution in [1.82, 2.24) is 4.98 Å². The molecule has 0 atom stereocenters. The molecule has 0 bridgehead atoms. The van der Waals surface area contributed by atoms with Crippen LogP contribution in [0, 0.1) is 13.8 Å². The van der Waals surface area contributed by atoms with E-state index in [4.69, 9.17) is 10.2 Å². The summed E-state index contributed by atoms with van der Waals surface area (Å²) in [6, 6.07) is 5.40. The summed E-state index contributed by atoms with van der Waals surface area (Å²) in [7, 11) is 0. The molecule has 0 saturated heterocycles. The van der Waals surface area contributed by atoms with Gasteiger partial charge in [0.1, 0.15) is 10.8 Å². The highest BCUT2D eigenvalue weighted by Gasteiger charge is 2.21. The second kappa shape index (κ2) is 5.98. The van der Waals surface area contributed by atoms with E-state index in [0.29, 0.717) is 22.2 Å². The average Bonchev–Trinajstić information content (AvgIpc) is 3.18. The Morgan fingerprint density at radius 3 is 2.78 bits per heavy atom. The molecule has 0 aromatic carbocycles. The van der Waals surface area contributed by atoms with E-state index in [1.165, 1.54) is 22.7 Å². The molecule has 118 valence electrons. The Morgan fingerprint density at radius 2 is 2.13 bits per heavy atom. The van der Waals surface area contributed by atoms with Gasteiger partial charge in [0.05, 0.1) is 10.4 Å². The number of carbonyl (C=O) groups is 2. The van der Waals surface area contributed by atoms with Gasteiger partial charge in [-0.1, -0.05) is 6.07 Å². The molecule has 8 heteroatoms. The van der Waals surface area contributed by atoms with E-state index in [9.17, 15) is 9.59 Å². The van der Waals surface area contributed by atoms with Crippen molar-refractivity contribution in [1.29, 1.82) is 0 Å². The molecule has 0 aliphatic heterocycles. The third-order valence-electron chi connectivity index (χ3n) is 3.09. The van der Waals surface area contributed by atoms with Gasteiger partial charge in [-0.2, -0.15) is 0 Å². The van der Waals surface area contributed by atoms with E-state index in [0.717, 1.165) is 9.75 Å². The monoisotopic (exact) mass is 347 g/mol. The molecular weight excluding hydrogens is 334 g/mol. The zero-order valence-corrected chi connectivity index (χ0v) is 14.0. The molecule has 0 aliphatic carbocycles. The largest absolute Gasteiger partial charge is 0.440 e. The number of hydrogen-bond acceptors (Lipinski definition) is 6. The summed E-state index contributed by atoms with van der Waals surface area (Å²) in [5.74, 6) is -0.195. The maximum Gasteiger partial charge on any atom is 0.278 e. The normalized spacial score (nSPS) is 10.7. The van der Waals surface area contributed by atoms with Gasteiger partial charge in [0, 0.05) is 4.88 Å². The van der Waals surface area contributed by atoms with Gasteiger partial charge in [0.2, 0.25) is 5.89 Å². The Bertz CT molecular complexity index is 878. The van der Waals surface area contributed by atoms with Crippen molar-refractivity contribution >= 4 is 39.5 Å². The number of amides is 2. The number of oxazole rings is 1. The first-order valence-corrected chi connectivity index (χ1v) is 8.38. The van der Waals surface area contributed by atoms with Gasteiger partial charge >= 0.3 is 0 Å². The minimum Gasteiger partial charge on any atom is -0.440 e. The maximum absolute atomic E-state index is 12.4. The van der Waals surface area contributed by atoms with Gasteiger partial charge in [-0.25, -0.2) is 4.98 Å². The summed E-state index contributed by atoms with van der Waals surface area (Å²) in [5.41, 5.74) is 5.81. The van der Waals surface area contributed by atoms with Crippen molar-refractivity contribution in [2.75, 3.05) is 5.32 Å². The average molecular weight is 347 g/mol. The number of hydrogen-bond donors (Lipinski definition) is 2. The number of anilines is 1. The first kappa shape index (κ1) is 15.4. The highest BCUT2D eigenvalue weighted by atomic mass is 32.1. The van der Waals surface area contributed by atoms with Gasteiger partial charge < -0.3 is 15.5 Å². The van der Waals surface area contributed by atoms with Gasteiger partial charge in [-0.15, -0.1) is 22.7 Å². The highest BCUT2D eigenvalue weighted by molar-refractivity contribution is 7.16. The lowest BCUT2D eigenvalue weighted by molar-refractivity contribution is 0.100. The van der Waals surface area contributed by atoms with Crippen LogP contribution in [0.3, 0.4) is 0 Å². The lowest BCUT2D eigenvalue weighted by atomic mass is 10.2. The van der Waals surface area contributed by atoms with Gasteiger partial charge in [0.25, 0.3) is 11.8 Å². The van der Waals surface area contributed by atoms with Gasteiger partial charge in [-0.05, 0) is 31.4 Å². The summed E-state index contributed by atoms with van der Waals surface area (Å²) >= 11 is 2.76. The standard InChI is InChI=1S/C15H13N3O3S2/c1-7-6-9(12(16)19)15(23-7)18-13(20)11-8(2)21-14(17-11)10-4-3-5-22-10/h3-6H,1-2H3,(H2,16,19)(H,18,20). The number of primary amides is 1. The highest BCUT2D eigenvalue weighted by Crippen LogP contribution is 2.29. The second-order valence-electron chi connectivity index (χ2n) is 4.82. The second-order valence-corrected chi connectivity index (χ2v) is 7.02.